The molecule has 0 saturated carbocycles. The summed E-state index contributed by atoms with van der Waals surface area (Å²) in [5.41, 5.74) is 3.29. The van der Waals surface area contributed by atoms with Crippen LogP contribution in [0.5, 0.6) is 0 Å². The van der Waals surface area contributed by atoms with Crippen LogP contribution in [-0.4, -0.2) is 26.6 Å². The molecule has 0 aliphatic carbocycles. The van der Waals surface area contributed by atoms with Crippen molar-refractivity contribution in [2.45, 2.75) is 32.6 Å². The zero-order chi connectivity index (χ0) is 18.6. The first-order chi connectivity index (χ1) is 12.5. The lowest BCUT2D eigenvalue weighted by Gasteiger charge is -2.29. The Morgan fingerprint density at radius 1 is 1.12 bits per heavy atom. The minimum absolute atomic E-state index is 0.0786. The molecule has 0 atom stereocenters. The Balaban J connectivity index is 1.70. The molecule has 0 aromatic heterocycles. The number of rotatable bonds is 5. The highest BCUT2D eigenvalue weighted by molar-refractivity contribution is 7.92. The molecule has 2 aromatic rings. The topological polar surface area (TPSA) is 66.5 Å². The van der Waals surface area contributed by atoms with Gasteiger partial charge in [0.1, 0.15) is 0 Å². The largest absolute Gasteiger partial charge is 0.326 e. The number of nitrogens with one attached hydrogen (secondary N) is 1. The number of hydrogen-bond acceptors (Lipinski definition) is 3. The first kappa shape index (κ1) is 18.5. The van der Waals surface area contributed by atoms with Crippen LogP contribution in [0.3, 0.4) is 0 Å². The second-order valence-electron chi connectivity index (χ2n) is 6.63. The van der Waals surface area contributed by atoms with Gasteiger partial charge in [-0.1, -0.05) is 36.4 Å². The molecule has 0 spiro atoms. The normalized spacial score (nSPS) is 16.3. The number of carbonyl (C=O) groups excluding carboxylic acids is 1. The fourth-order valence-electron chi connectivity index (χ4n) is 3.14. The summed E-state index contributed by atoms with van der Waals surface area (Å²) in [6, 6.07) is 15.3. The summed E-state index contributed by atoms with van der Waals surface area (Å²) in [6.45, 7) is 2.38. The number of carbonyl (C=O) groups is 1. The summed E-state index contributed by atoms with van der Waals surface area (Å²) in [6.07, 6.45) is 2.61. The predicted molar refractivity (Wildman–Crippen MR) is 105 cm³/mol. The molecule has 1 N–H and O–H groups in total. The molecule has 1 fully saturated rings. The predicted octanol–water partition coefficient (Wildman–Crippen LogP) is 3.50. The summed E-state index contributed by atoms with van der Waals surface area (Å²) in [5, 5.41) is 2.89. The summed E-state index contributed by atoms with van der Waals surface area (Å²) in [4.78, 5) is 12.2. The van der Waals surface area contributed by atoms with E-state index in [1.165, 1.54) is 4.31 Å². The van der Waals surface area contributed by atoms with E-state index in [4.69, 9.17) is 0 Å². The van der Waals surface area contributed by atoms with Gasteiger partial charge in [0.05, 0.1) is 11.4 Å². The van der Waals surface area contributed by atoms with Gasteiger partial charge in [0.25, 0.3) is 0 Å². The molecular formula is C20H24N2O3S. The Morgan fingerprint density at radius 3 is 2.62 bits per heavy atom. The van der Waals surface area contributed by atoms with Gasteiger partial charge in [-0.25, -0.2) is 8.42 Å². The van der Waals surface area contributed by atoms with Gasteiger partial charge in [-0.3, -0.25) is 9.10 Å². The van der Waals surface area contributed by atoms with Crippen LogP contribution in [-0.2, 0) is 21.2 Å². The number of nitrogens with zero attached hydrogens (tertiary/aromatic N) is 1. The van der Waals surface area contributed by atoms with Crippen LogP contribution in [0.4, 0.5) is 11.4 Å². The molecule has 138 valence electrons. The Hall–Kier alpha value is -2.34. The van der Waals surface area contributed by atoms with Gasteiger partial charge in [0.15, 0.2) is 0 Å². The van der Waals surface area contributed by atoms with E-state index >= 15 is 0 Å². The van der Waals surface area contributed by atoms with Crippen molar-refractivity contribution in [1.82, 2.24) is 0 Å². The van der Waals surface area contributed by atoms with Gasteiger partial charge in [0, 0.05) is 18.7 Å². The first-order valence-corrected chi connectivity index (χ1v) is 10.5. The molecule has 1 saturated heterocycles. The van der Waals surface area contributed by atoms with Crippen LogP contribution in [0, 0.1) is 6.92 Å². The van der Waals surface area contributed by atoms with E-state index in [1.807, 2.05) is 49.4 Å². The van der Waals surface area contributed by atoms with Crippen LogP contribution in [0.1, 0.15) is 30.4 Å². The molecule has 1 aliphatic rings. The van der Waals surface area contributed by atoms with Crippen molar-refractivity contribution in [3.05, 3.63) is 59.7 Å². The molecule has 1 heterocycles. The highest BCUT2D eigenvalue weighted by Crippen LogP contribution is 2.29. The van der Waals surface area contributed by atoms with Gasteiger partial charge >= 0.3 is 0 Å². The minimum Gasteiger partial charge on any atom is -0.326 e. The third-order valence-corrected chi connectivity index (χ3v) is 6.45. The zero-order valence-electron chi connectivity index (χ0n) is 14.9. The summed E-state index contributed by atoms with van der Waals surface area (Å²) in [5.74, 6) is 0.102. The summed E-state index contributed by atoms with van der Waals surface area (Å²) >= 11 is 0. The average molecular weight is 372 g/mol. The van der Waals surface area contributed by atoms with Crippen LogP contribution < -0.4 is 9.62 Å². The van der Waals surface area contributed by atoms with E-state index in [2.05, 4.69) is 5.32 Å². The Kier molecular flexibility index (Phi) is 5.61. The molecule has 1 amide bonds. The average Bonchev–Trinajstić information content (AvgIpc) is 2.62. The van der Waals surface area contributed by atoms with Crippen molar-refractivity contribution < 1.29 is 13.2 Å². The fraction of sp³-hybridized carbons (Fsp3) is 0.350. The van der Waals surface area contributed by atoms with Crippen molar-refractivity contribution in [1.29, 1.82) is 0 Å². The Bertz CT molecular complexity index is 879. The smallest absolute Gasteiger partial charge is 0.235 e. The molecule has 1 aliphatic heterocycles. The lowest BCUT2D eigenvalue weighted by atomic mass is 10.1. The van der Waals surface area contributed by atoms with Crippen LogP contribution in [0.2, 0.25) is 0 Å². The van der Waals surface area contributed by atoms with Crippen LogP contribution in [0.25, 0.3) is 0 Å². The molecule has 2 aromatic carbocycles. The maximum atomic E-state index is 12.4. The zero-order valence-corrected chi connectivity index (χ0v) is 15.8. The fourth-order valence-corrected chi connectivity index (χ4v) is 4.83. The van der Waals surface area contributed by atoms with E-state index in [-0.39, 0.29) is 11.7 Å². The van der Waals surface area contributed by atoms with Gasteiger partial charge in [-0.2, -0.15) is 0 Å². The number of benzene rings is 2. The first-order valence-electron chi connectivity index (χ1n) is 8.90. The molecule has 26 heavy (non-hydrogen) atoms. The number of aryl methyl sites for hydroxylation is 2. The van der Waals surface area contributed by atoms with E-state index < -0.39 is 10.0 Å². The number of amides is 1. The van der Waals surface area contributed by atoms with Gasteiger partial charge in [-0.05, 0) is 49.4 Å². The van der Waals surface area contributed by atoms with Crippen molar-refractivity contribution in [3.63, 3.8) is 0 Å². The highest BCUT2D eigenvalue weighted by atomic mass is 32.2. The van der Waals surface area contributed by atoms with Crippen LogP contribution >= 0.6 is 0 Å². The molecule has 0 radical (unpaired) electrons. The Labute approximate surface area is 155 Å². The Morgan fingerprint density at radius 2 is 1.88 bits per heavy atom. The van der Waals surface area contributed by atoms with E-state index in [0.29, 0.717) is 37.2 Å². The second-order valence-corrected chi connectivity index (χ2v) is 8.64. The maximum Gasteiger partial charge on any atom is 0.235 e. The monoisotopic (exact) mass is 372 g/mol. The third kappa shape index (κ3) is 4.43. The van der Waals surface area contributed by atoms with Crippen molar-refractivity contribution >= 4 is 27.3 Å². The van der Waals surface area contributed by atoms with Gasteiger partial charge < -0.3 is 5.32 Å². The summed E-state index contributed by atoms with van der Waals surface area (Å²) < 4.78 is 26.2. The highest BCUT2D eigenvalue weighted by Gasteiger charge is 2.27. The number of anilines is 2. The van der Waals surface area contributed by atoms with Crippen molar-refractivity contribution in [2.75, 3.05) is 21.9 Å². The minimum atomic E-state index is -3.27. The quantitative estimate of drug-likeness (QED) is 0.874. The lowest BCUT2D eigenvalue weighted by Crippen LogP contribution is -2.38. The van der Waals surface area contributed by atoms with Gasteiger partial charge in [0.2, 0.25) is 15.9 Å². The van der Waals surface area contributed by atoms with E-state index in [1.54, 1.807) is 6.07 Å². The van der Waals surface area contributed by atoms with Crippen LogP contribution in [0.15, 0.2) is 48.5 Å². The van der Waals surface area contributed by atoms with E-state index in [0.717, 1.165) is 17.5 Å². The molecular weight excluding hydrogens is 348 g/mol. The molecule has 0 unspecified atom stereocenters. The lowest BCUT2D eigenvalue weighted by molar-refractivity contribution is -0.116. The maximum absolute atomic E-state index is 12.4. The number of hydrogen-bond donors (Lipinski definition) is 1. The molecule has 3 rings (SSSR count). The second kappa shape index (κ2) is 7.91. The third-order valence-electron chi connectivity index (χ3n) is 4.59. The van der Waals surface area contributed by atoms with Crippen molar-refractivity contribution in [2.24, 2.45) is 0 Å². The molecule has 5 nitrogen and oxygen atoms in total. The standard InChI is InChI=1S/C20H24N2O3S/c1-16-9-11-18(15-19(16)22-13-5-6-14-26(22,24)25)21-20(23)12-10-17-7-3-2-4-8-17/h2-4,7-9,11,15H,5-6,10,12-14H2,1H3,(H,21,23). The van der Waals surface area contributed by atoms with Gasteiger partial charge in [-0.15, -0.1) is 0 Å². The molecule has 6 heteroatoms. The van der Waals surface area contributed by atoms with Crippen molar-refractivity contribution in [3.8, 4) is 0 Å². The summed E-state index contributed by atoms with van der Waals surface area (Å²) in [7, 11) is -3.27. The molecule has 0 bridgehead atoms. The number of sulfonamides is 1. The van der Waals surface area contributed by atoms with E-state index in [9.17, 15) is 13.2 Å². The SMILES string of the molecule is Cc1ccc(NC(=O)CCc2ccccc2)cc1N1CCCCS1(=O)=O.